The minimum Gasteiger partial charge on any atom is -0.491 e. The molecule has 6 heteroatoms. The third-order valence-corrected chi connectivity index (χ3v) is 3.61. The quantitative estimate of drug-likeness (QED) is 0.821. The maximum absolute atomic E-state index is 9.80. The zero-order chi connectivity index (χ0) is 15.2. The van der Waals surface area contributed by atoms with Gasteiger partial charge in [0, 0.05) is 18.2 Å². The van der Waals surface area contributed by atoms with E-state index in [0.29, 0.717) is 12.6 Å². The van der Waals surface area contributed by atoms with Gasteiger partial charge in [0.25, 0.3) is 0 Å². The van der Waals surface area contributed by atoms with Gasteiger partial charge in [-0.1, -0.05) is 18.3 Å². The zero-order valence-corrected chi connectivity index (χ0v) is 13.4. The number of ether oxygens (including phenoxy) is 1. The van der Waals surface area contributed by atoms with E-state index in [2.05, 4.69) is 14.9 Å². The van der Waals surface area contributed by atoms with Crippen molar-refractivity contribution in [1.82, 2.24) is 14.9 Å². The summed E-state index contributed by atoms with van der Waals surface area (Å²) in [6, 6.07) is 8.04. The van der Waals surface area contributed by atoms with Crippen LogP contribution in [0, 0.1) is 6.92 Å². The molecule has 1 aromatic carbocycles. The number of aromatic nitrogens is 2. The fraction of sp³-hybridized carbons (Fsp3) is 0.467. The van der Waals surface area contributed by atoms with E-state index in [-0.39, 0.29) is 6.61 Å². The molecular weight excluding hydrogens is 286 g/mol. The molecule has 21 heavy (non-hydrogen) atoms. The van der Waals surface area contributed by atoms with Gasteiger partial charge >= 0.3 is 0 Å². The molecule has 5 nitrogen and oxygen atoms in total. The number of hydrogen-bond acceptors (Lipinski definition) is 6. The predicted molar refractivity (Wildman–Crippen MR) is 84.7 cm³/mol. The third kappa shape index (κ3) is 4.77. The maximum Gasteiger partial charge on any atom is 0.119 e. The molecule has 1 atom stereocenters. The molecule has 0 saturated heterocycles. The molecule has 1 heterocycles. The van der Waals surface area contributed by atoms with E-state index in [9.17, 15) is 5.11 Å². The van der Waals surface area contributed by atoms with Gasteiger partial charge in [0.15, 0.2) is 0 Å². The second kappa shape index (κ2) is 7.49. The van der Waals surface area contributed by atoms with Crippen molar-refractivity contribution in [2.24, 2.45) is 0 Å². The standard InChI is InChI=1S/C15H21N3O2S/c1-10(2)16-8-13(19)9-20-14-6-4-12(5-7-14)15-11(3)21-18-17-15/h4-7,10,13,16,19H,8-9H2,1-3H3. The first-order valence-electron chi connectivity index (χ1n) is 7.00. The van der Waals surface area contributed by atoms with E-state index in [1.54, 1.807) is 0 Å². The van der Waals surface area contributed by atoms with E-state index in [0.717, 1.165) is 21.9 Å². The Hall–Kier alpha value is -1.50. The summed E-state index contributed by atoms with van der Waals surface area (Å²) >= 11 is 1.39. The highest BCUT2D eigenvalue weighted by Gasteiger charge is 2.08. The molecule has 2 aromatic rings. The van der Waals surface area contributed by atoms with E-state index in [1.165, 1.54) is 11.5 Å². The molecule has 2 rings (SSSR count). The van der Waals surface area contributed by atoms with Gasteiger partial charge in [0.05, 0.1) is 4.88 Å². The molecule has 0 amide bonds. The van der Waals surface area contributed by atoms with Crippen molar-refractivity contribution in [3.63, 3.8) is 0 Å². The number of benzene rings is 1. The van der Waals surface area contributed by atoms with Gasteiger partial charge in [-0.3, -0.25) is 0 Å². The van der Waals surface area contributed by atoms with E-state index in [4.69, 9.17) is 4.74 Å². The number of nitrogens with one attached hydrogen (secondary N) is 1. The van der Waals surface area contributed by atoms with Crippen LogP contribution in [0.5, 0.6) is 5.75 Å². The topological polar surface area (TPSA) is 67.3 Å². The molecule has 0 aliphatic carbocycles. The molecule has 1 unspecified atom stereocenters. The molecule has 0 aliphatic rings. The van der Waals surface area contributed by atoms with Gasteiger partial charge < -0.3 is 15.2 Å². The summed E-state index contributed by atoms with van der Waals surface area (Å²) in [5, 5.41) is 17.1. The van der Waals surface area contributed by atoms with Crippen LogP contribution < -0.4 is 10.1 Å². The van der Waals surface area contributed by atoms with E-state index in [1.807, 2.05) is 45.0 Å². The smallest absolute Gasteiger partial charge is 0.119 e. The van der Waals surface area contributed by atoms with Crippen LogP contribution >= 0.6 is 11.5 Å². The fourth-order valence-corrected chi connectivity index (χ4v) is 2.32. The van der Waals surface area contributed by atoms with Crippen molar-refractivity contribution < 1.29 is 9.84 Å². The number of hydrogen-bond donors (Lipinski definition) is 2. The van der Waals surface area contributed by atoms with Gasteiger partial charge in [-0.25, -0.2) is 0 Å². The van der Waals surface area contributed by atoms with Crippen molar-refractivity contribution >= 4 is 11.5 Å². The first kappa shape index (κ1) is 15.9. The fourth-order valence-electron chi connectivity index (χ4n) is 1.83. The molecule has 0 fully saturated rings. The van der Waals surface area contributed by atoms with Gasteiger partial charge in [-0.05, 0) is 42.7 Å². The summed E-state index contributed by atoms with van der Waals surface area (Å²) in [6.07, 6.45) is -0.517. The highest BCUT2D eigenvalue weighted by atomic mass is 32.1. The lowest BCUT2D eigenvalue weighted by Crippen LogP contribution is -2.35. The van der Waals surface area contributed by atoms with E-state index < -0.39 is 6.10 Å². The summed E-state index contributed by atoms with van der Waals surface area (Å²) in [5.74, 6) is 0.739. The molecule has 2 N–H and O–H groups in total. The molecule has 0 bridgehead atoms. The summed E-state index contributed by atoms with van der Waals surface area (Å²) in [4.78, 5) is 1.10. The summed E-state index contributed by atoms with van der Waals surface area (Å²) in [5.41, 5.74) is 1.93. The second-order valence-corrected chi connectivity index (χ2v) is 6.19. The van der Waals surface area contributed by atoms with Crippen molar-refractivity contribution in [2.45, 2.75) is 32.9 Å². The lowest BCUT2D eigenvalue weighted by Gasteiger charge is -2.15. The van der Waals surface area contributed by atoms with E-state index >= 15 is 0 Å². The normalized spacial score (nSPS) is 12.6. The minimum absolute atomic E-state index is 0.274. The maximum atomic E-state index is 9.80. The average Bonchev–Trinajstić information content (AvgIpc) is 2.89. The number of nitrogens with zero attached hydrogens (tertiary/aromatic N) is 2. The monoisotopic (exact) mass is 307 g/mol. The number of aliphatic hydroxyl groups is 1. The Kier molecular flexibility index (Phi) is 5.67. The molecular formula is C15H21N3O2S. The summed E-state index contributed by atoms with van der Waals surface area (Å²) in [7, 11) is 0. The Balaban J connectivity index is 1.87. The Bertz CT molecular complexity index is 554. The first-order valence-corrected chi connectivity index (χ1v) is 7.77. The van der Waals surface area contributed by atoms with Crippen LogP contribution in [0.1, 0.15) is 18.7 Å². The lowest BCUT2D eigenvalue weighted by atomic mass is 10.1. The van der Waals surface area contributed by atoms with Gasteiger partial charge in [0.2, 0.25) is 0 Å². The van der Waals surface area contributed by atoms with Crippen molar-refractivity contribution in [3.8, 4) is 17.0 Å². The summed E-state index contributed by atoms with van der Waals surface area (Å²) in [6.45, 7) is 6.89. The Labute approximate surface area is 129 Å². The SMILES string of the molecule is Cc1snnc1-c1ccc(OCC(O)CNC(C)C)cc1. The third-order valence-electron chi connectivity index (χ3n) is 2.98. The summed E-state index contributed by atoms with van der Waals surface area (Å²) < 4.78 is 9.51. The van der Waals surface area contributed by atoms with Crippen molar-refractivity contribution in [3.05, 3.63) is 29.1 Å². The van der Waals surface area contributed by atoms with Crippen LogP contribution in [0.2, 0.25) is 0 Å². The predicted octanol–water partition coefficient (Wildman–Crippen LogP) is 2.25. The molecule has 1 aromatic heterocycles. The Morgan fingerprint density at radius 3 is 2.57 bits per heavy atom. The molecule has 0 radical (unpaired) electrons. The number of aliphatic hydroxyl groups excluding tert-OH is 1. The number of rotatable bonds is 7. The van der Waals surface area contributed by atoms with Crippen LogP contribution in [0.25, 0.3) is 11.3 Å². The molecule has 0 saturated carbocycles. The molecule has 0 spiro atoms. The minimum atomic E-state index is -0.517. The average molecular weight is 307 g/mol. The first-order chi connectivity index (χ1) is 10.1. The van der Waals surface area contributed by atoms with Crippen molar-refractivity contribution in [2.75, 3.05) is 13.2 Å². The van der Waals surface area contributed by atoms with Crippen LogP contribution in [0.15, 0.2) is 24.3 Å². The zero-order valence-electron chi connectivity index (χ0n) is 12.5. The van der Waals surface area contributed by atoms with Gasteiger partial charge in [-0.15, -0.1) is 5.10 Å². The Morgan fingerprint density at radius 1 is 1.29 bits per heavy atom. The lowest BCUT2D eigenvalue weighted by molar-refractivity contribution is 0.104. The van der Waals surface area contributed by atoms with Crippen molar-refractivity contribution in [1.29, 1.82) is 0 Å². The highest BCUT2D eigenvalue weighted by Crippen LogP contribution is 2.24. The molecule has 0 aliphatic heterocycles. The van der Waals surface area contributed by atoms with Crippen LogP contribution in [0.3, 0.4) is 0 Å². The van der Waals surface area contributed by atoms with Crippen LogP contribution in [0.4, 0.5) is 0 Å². The van der Waals surface area contributed by atoms with Crippen LogP contribution in [-0.4, -0.2) is 40.0 Å². The molecule has 114 valence electrons. The Morgan fingerprint density at radius 2 is 2.00 bits per heavy atom. The highest BCUT2D eigenvalue weighted by molar-refractivity contribution is 7.05. The number of aryl methyl sites for hydroxylation is 1. The largest absolute Gasteiger partial charge is 0.491 e. The van der Waals surface area contributed by atoms with Crippen LogP contribution in [-0.2, 0) is 0 Å². The van der Waals surface area contributed by atoms with Gasteiger partial charge in [-0.2, -0.15) is 0 Å². The second-order valence-electron chi connectivity index (χ2n) is 5.23. The van der Waals surface area contributed by atoms with Gasteiger partial charge in [0.1, 0.15) is 24.2 Å².